The van der Waals surface area contributed by atoms with Crippen LogP contribution in [0.25, 0.3) is 0 Å². The van der Waals surface area contributed by atoms with E-state index >= 15 is 0 Å². The number of benzene rings is 1. The zero-order valence-electron chi connectivity index (χ0n) is 8.63. The highest BCUT2D eigenvalue weighted by Crippen LogP contribution is 2.28. The molecule has 1 aromatic rings. The van der Waals surface area contributed by atoms with Crippen molar-refractivity contribution in [2.24, 2.45) is 0 Å². The van der Waals surface area contributed by atoms with Gasteiger partial charge in [-0.25, -0.2) is 0 Å². The number of nitrogens with zero attached hydrogens (tertiary/aromatic N) is 1. The Morgan fingerprint density at radius 2 is 1.94 bits per heavy atom. The number of nitro benzene ring substituents is 1. The quantitative estimate of drug-likeness (QED) is 0.335. The molecule has 0 aliphatic carbocycles. The van der Waals surface area contributed by atoms with Gasteiger partial charge in [0.15, 0.2) is 0 Å². The van der Waals surface area contributed by atoms with Gasteiger partial charge in [0.2, 0.25) is 0 Å². The summed E-state index contributed by atoms with van der Waals surface area (Å²) in [4.78, 5) is 11.9. The number of rotatable bonds is 5. The van der Waals surface area contributed by atoms with E-state index in [2.05, 4.69) is 13.2 Å². The highest BCUT2D eigenvalue weighted by atomic mass is 32.2. The maximum Gasteiger partial charge on any atom is 0.269 e. The minimum Gasteiger partial charge on any atom is -0.258 e. The van der Waals surface area contributed by atoms with Crippen molar-refractivity contribution in [2.75, 3.05) is 0 Å². The number of allylic oxidation sites excluding steroid dienone is 3. The van der Waals surface area contributed by atoms with Crippen molar-refractivity contribution in [3.8, 4) is 0 Å². The van der Waals surface area contributed by atoms with E-state index in [1.54, 1.807) is 24.3 Å². The lowest BCUT2D eigenvalue weighted by Crippen LogP contribution is -1.86. The first kappa shape index (κ1) is 12.3. The molecule has 0 spiro atoms. The number of hydrogen-bond donors (Lipinski definition) is 0. The fourth-order valence-electron chi connectivity index (χ4n) is 1.03. The second kappa shape index (κ2) is 5.92. The third kappa shape index (κ3) is 3.40. The van der Waals surface area contributed by atoms with Crippen molar-refractivity contribution < 1.29 is 4.92 Å². The first-order valence-corrected chi connectivity index (χ1v) is 5.36. The molecular formula is C12H11NO2S. The largest absolute Gasteiger partial charge is 0.269 e. The Kier molecular flexibility index (Phi) is 4.54. The van der Waals surface area contributed by atoms with Gasteiger partial charge in [-0.05, 0) is 18.2 Å². The Balaban J connectivity index is 2.82. The van der Waals surface area contributed by atoms with E-state index < -0.39 is 4.92 Å². The third-order valence-electron chi connectivity index (χ3n) is 1.77. The molecule has 0 amide bonds. The topological polar surface area (TPSA) is 43.1 Å². The fourth-order valence-corrected chi connectivity index (χ4v) is 1.82. The summed E-state index contributed by atoms with van der Waals surface area (Å²) in [6.45, 7) is 7.28. The summed E-state index contributed by atoms with van der Waals surface area (Å²) < 4.78 is 0. The average molecular weight is 233 g/mol. The SMILES string of the molecule is C=C/C=C(\C=C)Sc1ccc([N+](=O)[O-])cc1. The summed E-state index contributed by atoms with van der Waals surface area (Å²) in [5, 5.41) is 10.5. The van der Waals surface area contributed by atoms with Crippen LogP contribution in [0.2, 0.25) is 0 Å². The maximum absolute atomic E-state index is 10.5. The number of nitro groups is 1. The van der Waals surface area contributed by atoms with Gasteiger partial charge in [-0.15, -0.1) is 0 Å². The Morgan fingerprint density at radius 3 is 2.38 bits per heavy atom. The zero-order chi connectivity index (χ0) is 12.0. The van der Waals surface area contributed by atoms with Crippen molar-refractivity contribution in [1.82, 2.24) is 0 Å². The minimum absolute atomic E-state index is 0.0946. The normalized spacial score (nSPS) is 10.9. The van der Waals surface area contributed by atoms with Crippen molar-refractivity contribution in [1.29, 1.82) is 0 Å². The maximum atomic E-state index is 10.5. The van der Waals surface area contributed by atoms with Crippen LogP contribution in [0.15, 0.2) is 65.5 Å². The Labute approximate surface area is 98.3 Å². The van der Waals surface area contributed by atoms with E-state index in [0.29, 0.717) is 0 Å². The lowest BCUT2D eigenvalue weighted by atomic mass is 10.3. The molecule has 16 heavy (non-hydrogen) atoms. The van der Waals surface area contributed by atoms with E-state index in [1.807, 2.05) is 6.08 Å². The van der Waals surface area contributed by atoms with E-state index in [0.717, 1.165) is 9.80 Å². The lowest BCUT2D eigenvalue weighted by Gasteiger charge is -2.00. The molecule has 0 fully saturated rings. The molecule has 0 heterocycles. The van der Waals surface area contributed by atoms with Crippen LogP contribution in [0.3, 0.4) is 0 Å². The molecule has 1 aromatic carbocycles. The highest BCUT2D eigenvalue weighted by molar-refractivity contribution is 8.03. The molecule has 0 aromatic heterocycles. The summed E-state index contributed by atoms with van der Waals surface area (Å²) >= 11 is 1.48. The minimum atomic E-state index is -0.414. The fraction of sp³-hybridized carbons (Fsp3) is 0. The standard InChI is InChI=1S/C12H11NO2S/c1-3-5-11(4-2)16-12-8-6-10(7-9-12)13(14)15/h3-9H,1-2H2/b11-5+. The monoisotopic (exact) mass is 233 g/mol. The second-order valence-corrected chi connectivity index (χ2v) is 4.01. The number of non-ortho nitro benzene ring substituents is 1. The van der Waals surface area contributed by atoms with Crippen LogP contribution >= 0.6 is 11.8 Å². The van der Waals surface area contributed by atoms with E-state index in [4.69, 9.17) is 0 Å². The zero-order valence-corrected chi connectivity index (χ0v) is 9.44. The van der Waals surface area contributed by atoms with Crippen molar-refractivity contribution in [3.05, 3.63) is 70.7 Å². The molecule has 0 unspecified atom stereocenters. The van der Waals surface area contributed by atoms with Crippen LogP contribution < -0.4 is 0 Å². The van der Waals surface area contributed by atoms with Gasteiger partial charge >= 0.3 is 0 Å². The van der Waals surface area contributed by atoms with Crippen LogP contribution in [0, 0.1) is 10.1 Å². The summed E-state index contributed by atoms with van der Waals surface area (Å²) in [5.41, 5.74) is 0.0946. The van der Waals surface area contributed by atoms with Crippen molar-refractivity contribution in [2.45, 2.75) is 4.90 Å². The van der Waals surface area contributed by atoms with Crippen LogP contribution in [0.4, 0.5) is 5.69 Å². The molecule has 0 atom stereocenters. The number of thioether (sulfide) groups is 1. The smallest absolute Gasteiger partial charge is 0.258 e. The van der Waals surface area contributed by atoms with Crippen molar-refractivity contribution >= 4 is 17.4 Å². The predicted octanol–water partition coefficient (Wildman–Crippen LogP) is 3.94. The van der Waals surface area contributed by atoms with E-state index in [1.165, 1.54) is 23.9 Å². The first-order valence-electron chi connectivity index (χ1n) is 4.55. The summed E-state index contributed by atoms with van der Waals surface area (Å²) in [6.07, 6.45) is 5.22. The van der Waals surface area contributed by atoms with Crippen LogP contribution in [0.5, 0.6) is 0 Å². The van der Waals surface area contributed by atoms with Gasteiger partial charge in [0.1, 0.15) is 0 Å². The summed E-state index contributed by atoms with van der Waals surface area (Å²) in [5.74, 6) is 0. The molecule has 1 rings (SSSR count). The second-order valence-electron chi connectivity index (χ2n) is 2.86. The van der Waals surface area contributed by atoms with Gasteiger partial charge in [-0.1, -0.05) is 37.1 Å². The summed E-state index contributed by atoms with van der Waals surface area (Å²) in [7, 11) is 0. The van der Waals surface area contributed by atoms with Crippen LogP contribution in [-0.4, -0.2) is 4.92 Å². The molecule has 0 saturated heterocycles. The van der Waals surface area contributed by atoms with Gasteiger partial charge < -0.3 is 0 Å². The predicted molar refractivity (Wildman–Crippen MR) is 67.4 cm³/mol. The Morgan fingerprint density at radius 1 is 1.31 bits per heavy atom. The van der Waals surface area contributed by atoms with Crippen LogP contribution in [-0.2, 0) is 0 Å². The third-order valence-corrected chi connectivity index (χ3v) is 2.81. The molecule has 0 radical (unpaired) electrons. The van der Waals surface area contributed by atoms with Gasteiger partial charge in [0, 0.05) is 21.9 Å². The first-order chi connectivity index (χ1) is 7.67. The lowest BCUT2D eigenvalue weighted by molar-refractivity contribution is -0.384. The molecule has 82 valence electrons. The molecule has 0 aliphatic heterocycles. The highest BCUT2D eigenvalue weighted by Gasteiger charge is 2.04. The van der Waals surface area contributed by atoms with Gasteiger partial charge in [0.25, 0.3) is 5.69 Å². The van der Waals surface area contributed by atoms with Crippen molar-refractivity contribution in [3.63, 3.8) is 0 Å². The van der Waals surface area contributed by atoms with E-state index in [9.17, 15) is 10.1 Å². The molecule has 0 N–H and O–H groups in total. The molecule has 0 bridgehead atoms. The van der Waals surface area contributed by atoms with Gasteiger partial charge in [0.05, 0.1) is 4.92 Å². The average Bonchev–Trinajstić information content (AvgIpc) is 2.29. The molecule has 0 saturated carbocycles. The van der Waals surface area contributed by atoms with Crippen LogP contribution in [0.1, 0.15) is 0 Å². The number of hydrogen-bond acceptors (Lipinski definition) is 3. The summed E-state index contributed by atoms with van der Waals surface area (Å²) in [6, 6.07) is 6.39. The van der Waals surface area contributed by atoms with E-state index in [-0.39, 0.29) is 5.69 Å². The molecule has 4 heteroatoms. The molecule has 0 aliphatic rings. The molecule has 3 nitrogen and oxygen atoms in total. The van der Waals surface area contributed by atoms with Gasteiger partial charge in [-0.2, -0.15) is 0 Å². The Hall–Kier alpha value is -1.81. The van der Waals surface area contributed by atoms with Gasteiger partial charge in [-0.3, -0.25) is 10.1 Å². The Bertz CT molecular complexity index is 435. The molecular weight excluding hydrogens is 222 g/mol.